The molecule has 3 aromatic rings. The number of hydrogen-bond donors (Lipinski definition) is 0. The standard InChI is InChI=1S/C29H28O4S/c1-2-3-14-29-17-24(16-25(29)27(26(30)18-29)32-23-13-15-34-19-23)33-28(31)22-11-9-21(10-12-22)20-7-5-4-6-8-20/h3-15,19,24-25,27H,2,16-18H2,1H3. The van der Waals surface area contributed by atoms with Crippen molar-refractivity contribution in [2.24, 2.45) is 11.3 Å². The molecule has 0 radical (unpaired) electrons. The molecule has 2 aromatic carbocycles. The molecule has 5 rings (SSSR count). The van der Waals surface area contributed by atoms with Gasteiger partial charge in [-0.2, -0.15) is 0 Å². The minimum Gasteiger partial charge on any atom is -0.481 e. The fourth-order valence-corrected chi connectivity index (χ4v) is 5.97. The SMILES string of the molecule is CCC=CC12CC(=O)C(Oc3ccsc3)C1CC(OC(=O)c1ccc(-c3ccccc3)cc1)C2. The molecular formula is C29H28O4S. The fraction of sp³-hybridized carbons (Fsp3) is 0.310. The van der Waals surface area contributed by atoms with E-state index in [2.05, 4.69) is 19.1 Å². The lowest BCUT2D eigenvalue weighted by atomic mass is 9.79. The van der Waals surface area contributed by atoms with Gasteiger partial charge in [-0.3, -0.25) is 4.79 Å². The first-order chi connectivity index (χ1) is 16.6. The molecule has 1 aromatic heterocycles. The van der Waals surface area contributed by atoms with Gasteiger partial charge in [-0.1, -0.05) is 61.5 Å². The summed E-state index contributed by atoms with van der Waals surface area (Å²) < 4.78 is 12.1. The summed E-state index contributed by atoms with van der Waals surface area (Å²) in [7, 11) is 0. The van der Waals surface area contributed by atoms with Crippen LogP contribution in [0.15, 0.2) is 83.6 Å². The van der Waals surface area contributed by atoms with Crippen LogP contribution in [0.1, 0.15) is 43.0 Å². The van der Waals surface area contributed by atoms with Crippen LogP contribution in [0.5, 0.6) is 5.75 Å². The number of hydrogen-bond acceptors (Lipinski definition) is 5. The van der Waals surface area contributed by atoms with E-state index in [0.717, 1.165) is 23.3 Å². The number of carbonyl (C=O) groups is 2. The molecule has 34 heavy (non-hydrogen) atoms. The zero-order valence-corrected chi connectivity index (χ0v) is 20.0. The minimum absolute atomic E-state index is 0.000886. The molecular weight excluding hydrogens is 444 g/mol. The third-order valence-corrected chi connectivity index (χ3v) is 7.66. The number of ether oxygens (including phenoxy) is 2. The van der Waals surface area contributed by atoms with Crippen LogP contribution >= 0.6 is 11.3 Å². The van der Waals surface area contributed by atoms with Gasteiger partial charge in [-0.05, 0) is 54.0 Å². The third-order valence-electron chi connectivity index (χ3n) is 6.99. The Morgan fingerprint density at radius 2 is 1.85 bits per heavy atom. The molecule has 0 spiro atoms. The fourth-order valence-electron chi connectivity index (χ4n) is 5.41. The van der Waals surface area contributed by atoms with E-state index in [1.807, 2.05) is 71.4 Å². The molecule has 0 aliphatic heterocycles. The van der Waals surface area contributed by atoms with Crippen LogP contribution in [-0.4, -0.2) is 24.0 Å². The first-order valence-electron chi connectivity index (χ1n) is 11.8. The number of Topliss-reactive ketones (excluding diaryl/α,β-unsaturated/α-hetero) is 1. The summed E-state index contributed by atoms with van der Waals surface area (Å²) in [5.41, 5.74) is 2.40. The molecule has 0 bridgehead atoms. The lowest BCUT2D eigenvalue weighted by molar-refractivity contribution is -0.124. The third kappa shape index (κ3) is 4.45. The van der Waals surface area contributed by atoms with E-state index in [4.69, 9.17) is 9.47 Å². The lowest BCUT2D eigenvalue weighted by Gasteiger charge is -2.26. The normalized spacial score (nSPS) is 26.0. The first-order valence-corrected chi connectivity index (χ1v) is 12.8. The molecule has 4 unspecified atom stereocenters. The first kappa shape index (κ1) is 22.6. The number of carbonyl (C=O) groups excluding carboxylic acids is 2. The molecule has 4 atom stereocenters. The van der Waals surface area contributed by atoms with E-state index >= 15 is 0 Å². The molecule has 0 saturated heterocycles. The number of rotatable bonds is 7. The Morgan fingerprint density at radius 3 is 2.56 bits per heavy atom. The number of fused-ring (bicyclic) bond motifs is 1. The van der Waals surface area contributed by atoms with Crippen LogP contribution in [0.4, 0.5) is 0 Å². The van der Waals surface area contributed by atoms with E-state index in [1.165, 1.54) is 0 Å². The zero-order valence-electron chi connectivity index (χ0n) is 19.2. The van der Waals surface area contributed by atoms with Gasteiger partial charge < -0.3 is 9.47 Å². The number of thiophene rings is 1. The Kier molecular flexibility index (Phi) is 6.38. The van der Waals surface area contributed by atoms with E-state index in [0.29, 0.717) is 24.8 Å². The number of esters is 1. The van der Waals surface area contributed by atoms with E-state index in [1.54, 1.807) is 11.3 Å². The van der Waals surface area contributed by atoms with Crippen LogP contribution in [0, 0.1) is 11.3 Å². The molecule has 2 aliphatic rings. The maximum Gasteiger partial charge on any atom is 0.338 e. The molecule has 0 N–H and O–H groups in total. The van der Waals surface area contributed by atoms with Crippen LogP contribution < -0.4 is 4.74 Å². The molecule has 0 amide bonds. The predicted molar refractivity (Wildman–Crippen MR) is 134 cm³/mol. The maximum atomic E-state index is 13.0. The largest absolute Gasteiger partial charge is 0.481 e. The quantitative estimate of drug-likeness (QED) is 0.283. The highest BCUT2D eigenvalue weighted by Gasteiger charge is 2.59. The van der Waals surface area contributed by atoms with E-state index in [-0.39, 0.29) is 29.2 Å². The van der Waals surface area contributed by atoms with Gasteiger partial charge in [0.15, 0.2) is 11.9 Å². The highest BCUT2D eigenvalue weighted by molar-refractivity contribution is 7.08. The monoisotopic (exact) mass is 472 g/mol. The Balaban J connectivity index is 1.31. The van der Waals surface area contributed by atoms with Crippen LogP contribution in [0.2, 0.25) is 0 Å². The molecule has 5 heteroatoms. The maximum absolute atomic E-state index is 13.0. The molecule has 2 saturated carbocycles. The average Bonchev–Trinajstić information content (AvgIpc) is 3.55. The van der Waals surface area contributed by atoms with Crippen molar-refractivity contribution in [3.05, 3.63) is 89.1 Å². The van der Waals surface area contributed by atoms with Crippen molar-refractivity contribution < 1.29 is 19.1 Å². The zero-order chi connectivity index (χ0) is 23.5. The summed E-state index contributed by atoms with van der Waals surface area (Å²) in [4.78, 5) is 25.9. The van der Waals surface area contributed by atoms with E-state index < -0.39 is 6.10 Å². The summed E-state index contributed by atoms with van der Waals surface area (Å²) >= 11 is 1.55. The van der Waals surface area contributed by atoms with Gasteiger partial charge in [0.25, 0.3) is 0 Å². The van der Waals surface area contributed by atoms with Crippen molar-refractivity contribution in [3.63, 3.8) is 0 Å². The van der Waals surface area contributed by atoms with Crippen molar-refractivity contribution in [2.45, 2.75) is 44.8 Å². The highest BCUT2D eigenvalue weighted by Crippen LogP contribution is 2.55. The second-order valence-electron chi connectivity index (χ2n) is 9.20. The van der Waals surface area contributed by atoms with Gasteiger partial charge in [0.1, 0.15) is 11.9 Å². The van der Waals surface area contributed by atoms with Crippen molar-refractivity contribution in [1.82, 2.24) is 0 Å². The van der Waals surface area contributed by atoms with Gasteiger partial charge >= 0.3 is 5.97 Å². The summed E-state index contributed by atoms with van der Waals surface area (Å²) in [5, 5.41) is 3.86. The van der Waals surface area contributed by atoms with E-state index in [9.17, 15) is 9.59 Å². The summed E-state index contributed by atoms with van der Waals surface area (Å²) in [5.74, 6) is 0.553. The Hall–Kier alpha value is -3.18. The van der Waals surface area contributed by atoms with Crippen molar-refractivity contribution in [1.29, 1.82) is 0 Å². The van der Waals surface area contributed by atoms with Crippen molar-refractivity contribution >= 4 is 23.1 Å². The van der Waals surface area contributed by atoms with Gasteiger partial charge in [-0.15, -0.1) is 11.3 Å². The predicted octanol–water partition coefficient (Wildman–Crippen LogP) is 6.72. The second kappa shape index (κ2) is 9.59. The highest BCUT2D eigenvalue weighted by atomic mass is 32.1. The number of benzene rings is 2. The van der Waals surface area contributed by atoms with Crippen LogP contribution in [0.3, 0.4) is 0 Å². The van der Waals surface area contributed by atoms with Crippen molar-refractivity contribution in [2.75, 3.05) is 0 Å². The van der Waals surface area contributed by atoms with Gasteiger partial charge in [0.05, 0.1) is 5.56 Å². The average molecular weight is 473 g/mol. The Labute approximate surface area is 204 Å². The van der Waals surface area contributed by atoms with Gasteiger partial charge in [0.2, 0.25) is 0 Å². The molecule has 2 fully saturated rings. The Bertz CT molecular complexity index is 1170. The lowest BCUT2D eigenvalue weighted by Crippen LogP contribution is -2.31. The summed E-state index contributed by atoms with van der Waals surface area (Å²) in [6.07, 6.45) is 6.17. The van der Waals surface area contributed by atoms with Crippen LogP contribution in [-0.2, 0) is 9.53 Å². The summed E-state index contributed by atoms with van der Waals surface area (Å²) in [6, 6.07) is 19.5. The van der Waals surface area contributed by atoms with Gasteiger partial charge in [-0.25, -0.2) is 4.79 Å². The topological polar surface area (TPSA) is 52.6 Å². The smallest absolute Gasteiger partial charge is 0.338 e. The second-order valence-corrected chi connectivity index (χ2v) is 9.98. The number of allylic oxidation sites excluding steroid dienone is 2. The molecule has 174 valence electrons. The number of ketones is 1. The minimum atomic E-state index is -0.495. The van der Waals surface area contributed by atoms with Crippen LogP contribution in [0.25, 0.3) is 11.1 Å². The Morgan fingerprint density at radius 1 is 1.09 bits per heavy atom. The summed E-state index contributed by atoms with van der Waals surface area (Å²) in [6.45, 7) is 2.09. The molecule has 1 heterocycles. The molecule has 2 aliphatic carbocycles. The molecule has 4 nitrogen and oxygen atoms in total. The van der Waals surface area contributed by atoms with Gasteiger partial charge in [0, 0.05) is 23.1 Å². The van der Waals surface area contributed by atoms with Crippen molar-refractivity contribution in [3.8, 4) is 16.9 Å².